The molecule has 0 bridgehead atoms. The predicted octanol–water partition coefficient (Wildman–Crippen LogP) is 5.49. The molecule has 0 N–H and O–H groups in total. The van der Waals surface area contributed by atoms with Gasteiger partial charge in [0.05, 0.1) is 23.3 Å². The first-order valence-corrected chi connectivity index (χ1v) is 15.6. The van der Waals surface area contributed by atoms with Crippen LogP contribution in [0.1, 0.15) is 36.8 Å². The molecule has 0 aliphatic carbocycles. The van der Waals surface area contributed by atoms with Crippen LogP contribution >= 0.6 is 0 Å². The number of benzene rings is 3. The molecule has 2 saturated heterocycles. The fourth-order valence-electron chi connectivity index (χ4n) is 5.95. The third-order valence-corrected chi connectivity index (χ3v) is 10.2. The molecule has 5 rings (SSSR count). The van der Waals surface area contributed by atoms with Gasteiger partial charge >= 0.3 is 0 Å². The molecular weight excluding hydrogens is 520 g/mol. The summed E-state index contributed by atoms with van der Waals surface area (Å²) < 4.78 is 31.2. The lowest BCUT2D eigenvalue weighted by Gasteiger charge is -2.42. The number of rotatable bonds is 8. The monoisotopic (exact) mass is 558 g/mol. The number of carbonyl (C=O) groups is 1. The van der Waals surface area contributed by atoms with E-state index in [0.717, 1.165) is 68.6 Å². The van der Waals surface area contributed by atoms with Crippen LogP contribution in [0.3, 0.4) is 0 Å². The lowest BCUT2D eigenvalue weighted by Crippen LogP contribution is -2.49. The average Bonchev–Trinajstić information content (AvgIpc) is 3.01. The van der Waals surface area contributed by atoms with Crippen molar-refractivity contribution in [3.63, 3.8) is 0 Å². The van der Waals surface area contributed by atoms with Crippen molar-refractivity contribution in [3.8, 4) is 5.75 Å². The highest BCUT2D eigenvalue weighted by Gasteiger charge is 2.30. The average molecular weight is 559 g/mol. The number of hydrogen-bond acceptors (Lipinski definition) is 5. The number of carbonyl (C=O) groups excluding carboxylic acids is 1. The molecule has 0 aromatic heterocycles. The van der Waals surface area contributed by atoms with Gasteiger partial charge in [-0.15, -0.1) is 0 Å². The number of hydrogen-bond donors (Lipinski definition) is 0. The van der Waals surface area contributed by atoms with E-state index >= 15 is 0 Å². The van der Waals surface area contributed by atoms with E-state index in [2.05, 4.69) is 11.5 Å². The molecule has 6 nitrogen and oxygen atoms in total. The summed E-state index contributed by atoms with van der Waals surface area (Å²) in [4.78, 5) is 17.9. The minimum absolute atomic E-state index is 0.225. The Morgan fingerprint density at radius 1 is 0.825 bits per heavy atom. The summed E-state index contributed by atoms with van der Waals surface area (Å²) in [5.41, 5.74) is 3.15. The standard InChI is InChI=1S/C33H38N2O4S/c1-25(27-8-12-31(13-9-27)40(37,38)32-14-10-30(39-2)11-15-32)28-16-20-34(21-17-28)29-18-22-35(23-19-29)33(36)24-26-6-4-3-5-7-26/h3-15,28-29H,1,16-24H2,2H3. The van der Waals surface area contributed by atoms with Gasteiger partial charge in [-0.05, 0) is 97.8 Å². The zero-order chi connectivity index (χ0) is 28.1. The first-order valence-electron chi connectivity index (χ1n) is 14.1. The maximum atomic E-state index is 13.1. The number of allylic oxidation sites excluding steroid dienone is 1. The second kappa shape index (κ2) is 12.4. The Kier molecular flexibility index (Phi) is 8.72. The lowest BCUT2D eigenvalue weighted by molar-refractivity contribution is -0.132. The fourth-order valence-corrected chi connectivity index (χ4v) is 7.21. The second-order valence-corrected chi connectivity index (χ2v) is 12.8. The van der Waals surface area contributed by atoms with Gasteiger partial charge in [-0.2, -0.15) is 0 Å². The second-order valence-electron chi connectivity index (χ2n) is 10.8. The molecule has 7 heteroatoms. The van der Waals surface area contributed by atoms with E-state index in [9.17, 15) is 13.2 Å². The molecule has 0 unspecified atom stereocenters. The normalized spacial score (nSPS) is 17.5. The summed E-state index contributed by atoms with van der Waals surface area (Å²) in [5, 5.41) is 0. The maximum absolute atomic E-state index is 13.1. The zero-order valence-electron chi connectivity index (χ0n) is 23.2. The van der Waals surface area contributed by atoms with Gasteiger partial charge in [-0.25, -0.2) is 8.42 Å². The number of ether oxygens (including phenoxy) is 1. The first kappa shape index (κ1) is 28.1. The van der Waals surface area contributed by atoms with E-state index in [0.29, 0.717) is 24.1 Å². The number of methoxy groups -OCH3 is 1. The van der Waals surface area contributed by atoms with Gasteiger partial charge in [-0.3, -0.25) is 4.79 Å². The van der Waals surface area contributed by atoms with Crippen LogP contribution in [0.15, 0.2) is 95.2 Å². The SMILES string of the molecule is C=C(c1ccc(S(=O)(=O)c2ccc(OC)cc2)cc1)C1CCN(C2CCN(C(=O)Cc3ccccc3)CC2)CC1. The molecule has 2 aliphatic heterocycles. The Hall–Kier alpha value is -3.42. The summed E-state index contributed by atoms with van der Waals surface area (Å²) >= 11 is 0. The van der Waals surface area contributed by atoms with E-state index in [4.69, 9.17) is 4.74 Å². The molecule has 0 saturated carbocycles. The van der Waals surface area contributed by atoms with Gasteiger partial charge in [0.25, 0.3) is 0 Å². The van der Waals surface area contributed by atoms with Crippen LogP contribution in [0, 0.1) is 5.92 Å². The van der Waals surface area contributed by atoms with Gasteiger partial charge in [-0.1, -0.05) is 49.0 Å². The van der Waals surface area contributed by atoms with Crippen LogP contribution in [0.25, 0.3) is 5.57 Å². The van der Waals surface area contributed by atoms with Crippen LogP contribution in [-0.4, -0.2) is 63.5 Å². The van der Waals surface area contributed by atoms with Gasteiger partial charge < -0.3 is 14.5 Å². The Labute approximate surface area is 238 Å². The molecule has 3 aromatic carbocycles. The summed E-state index contributed by atoms with van der Waals surface area (Å²) in [7, 11) is -2.04. The number of piperidine rings is 2. The highest BCUT2D eigenvalue weighted by atomic mass is 32.2. The largest absolute Gasteiger partial charge is 0.497 e. The quantitative estimate of drug-likeness (QED) is 0.366. The zero-order valence-corrected chi connectivity index (χ0v) is 24.0. The number of likely N-dealkylation sites (tertiary alicyclic amines) is 2. The van der Waals surface area contributed by atoms with Crippen molar-refractivity contribution in [2.24, 2.45) is 5.92 Å². The first-order chi connectivity index (χ1) is 19.3. The molecule has 2 fully saturated rings. The molecule has 0 radical (unpaired) electrons. The van der Waals surface area contributed by atoms with Gasteiger partial charge in [0.15, 0.2) is 0 Å². The molecule has 2 aliphatic rings. The molecule has 0 spiro atoms. The van der Waals surface area contributed by atoms with E-state index in [-0.39, 0.29) is 15.7 Å². The summed E-state index contributed by atoms with van der Waals surface area (Å²) in [6, 6.07) is 24.1. The van der Waals surface area contributed by atoms with Gasteiger partial charge in [0, 0.05) is 19.1 Å². The van der Waals surface area contributed by atoms with Crippen LogP contribution in [0.4, 0.5) is 0 Å². The molecule has 0 atom stereocenters. The molecule has 40 heavy (non-hydrogen) atoms. The van der Waals surface area contributed by atoms with Crippen LogP contribution in [0.2, 0.25) is 0 Å². The Balaban J connectivity index is 1.11. The maximum Gasteiger partial charge on any atom is 0.226 e. The third kappa shape index (κ3) is 6.31. The molecule has 2 heterocycles. The van der Waals surface area contributed by atoms with E-state index in [1.165, 1.54) is 0 Å². The van der Waals surface area contributed by atoms with E-state index in [1.807, 2.05) is 47.4 Å². The fraction of sp³-hybridized carbons (Fsp3) is 0.364. The Bertz CT molecular complexity index is 1400. The molecule has 210 valence electrons. The van der Waals surface area contributed by atoms with Crippen molar-refractivity contribution >= 4 is 21.3 Å². The number of amides is 1. The van der Waals surface area contributed by atoms with Crippen LogP contribution in [0.5, 0.6) is 5.75 Å². The summed E-state index contributed by atoms with van der Waals surface area (Å²) in [6.07, 6.45) is 4.61. The van der Waals surface area contributed by atoms with Crippen LogP contribution < -0.4 is 4.74 Å². The highest BCUT2D eigenvalue weighted by Crippen LogP contribution is 2.33. The van der Waals surface area contributed by atoms with Crippen molar-refractivity contribution in [1.82, 2.24) is 9.80 Å². The molecule has 3 aromatic rings. The number of nitrogens with zero attached hydrogens (tertiary/aromatic N) is 2. The van der Waals surface area contributed by atoms with Gasteiger partial charge in [0.2, 0.25) is 15.7 Å². The smallest absolute Gasteiger partial charge is 0.226 e. The van der Waals surface area contributed by atoms with Crippen molar-refractivity contribution in [2.75, 3.05) is 33.3 Å². The van der Waals surface area contributed by atoms with E-state index in [1.54, 1.807) is 43.5 Å². The van der Waals surface area contributed by atoms with Gasteiger partial charge in [0.1, 0.15) is 5.75 Å². The summed E-state index contributed by atoms with van der Waals surface area (Å²) in [5.74, 6) is 1.23. The minimum atomic E-state index is -3.59. The van der Waals surface area contributed by atoms with Crippen molar-refractivity contribution in [1.29, 1.82) is 0 Å². The lowest BCUT2D eigenvalue weighted by atomic mass is 9.85. The molecular formula is C33H38N2O4S. The number of sulfone groups is 1. The van der Waals surface area contributed by atoms with Crippen LogP contribution in [-0.2, 0) is 21.1 Å². The highest BCUT2D eigenvalue weighted by molar-refractivity contribution is 7.91. The third-order valence-electron chi connectivity index (χ3n) is 8.46. The van der Waals surface area contributed by atoms with E-state index < -0.39 is 9.84 Å². The molecule has 1 amide bonds. The summed E-state index contributed by atoms with van der Waals surface area (Å²) in [6.45, 7) is 8.10. The van der Waals surface area contributed by atoms with Crippen molar-refractivity contribution < 1.29 is 17.9 Å². The predicted molar refractivity (Wildman–Crippen MR) is 158 cm³/mol. The minimum Gasteiger partial charge on any atom is -0.497 e. The topological polar surface area (TPSA) is 66.9 Å². The van der Waals surface area contributed by atoms with Crippen molar-refractivity contribution in [2.45, 2.75) is 47.9 Å². The van der Waals surface area contributed by atoms with Crippen molar-refractivity contribution in [3.05, 3.63) is 96.6 Å². The Morgan fingerprint density at radius 2 is 1.40 bits per heavy atom. The Morgan fingerprint density at radius 3 is 1.98 bits per heavy atom.